The fourth-order valence-electron chi connectivity index (χ4n) is 1.57. The molecule has 1 aromatic heterocycles. The highest BCUT2D eigenvalue weighted by Gasteiger charge is 2.08. The van der Waals surface area contributed by atoms with Crippen LogP contribution in [-0.2, 0) is 4.79 Å². The molecule has 2 rings (SSSR count). The summed E-state index contributed by atoms with van der Waals surface area (Å²) in [6.45, 7) is 2.47. The highest BCUT2D eigenvalue weighted by Crippen LogP contribution is 2.25. The van der Waals surface area contributed by atoms with Gasteiger partial charge in [0.15, 0.2) is 5.16 Å². The second-order valence-electron chi connectivity index (χ2n) is 4.51. The molecule has 1 atom stereocenters. The van der Waals surface area contributed by atoms with Crippen LogP contribution >= 0.6 is 11.8 Å². The fraction of sp³-hybridized carbons (Fsp3) is 0.308. The van der Waals surface area contributed by atoms with Crippen LogP contribution in [0.5, 0.6) is 0 Å². The highest BCUT2D eigenvalue weighted by molar-refractivity contribution is 7.99. The van der Waals surface area contributed by atoms with E-state index in [-0.39, 0.29) is 11.8 Å². The van der Waals surface area contributed by atoms with E-state index in [1.165, 1.54) is 18.1 Å². The number of nitrogens with one attached hydrogen (secondary N) is 2. The molecule has 0 spiro atoms. The molecular formula is C13H17N5OS. The van der Waals surface area contributed by atoms with E-state index in [9.17, 15) is 4.79 Å². The normalized spacial score (nSPS) is 12.1. The molecule has 0 fully saturated rings. The van der Waals surface area contributed by atoms with E-state index >= 15 is 0 Å². The third-order valence-electron chi connectivity index (χ3n) is 2.68. The van der Waals surface area contributed by atoms with E-state index < -0.39 is 0 Å². The third kappa shape index (κ3) is 4.36. The van der Waals surface area contributed by atoms with E-state index in [1.807, 2.05) is 31.2 Å². The molecule has 0 aliphatic rings. The number of carbonyl (C=O) groups is 1. The molecule has 4 N–H and O–H groups in total. The Bertz CT molecular complexity index is 540. The number of rotatable bonds is 6. The lowest BCUT2D eigenvalue weighted by atomic mass is 10.1. The summed E-state index contributed by atoms with van der Waals surface area (Å²) in [7, 11) is 0. The van der Waals surface area contributed by atoms with Gasteiger partial charge in [-0.15, -0.1) is 0 Å². The first-order chi connectivity index (χ1) is 9.67. The van der Waals surface area contributed by atoms with Crippen molar-refractivity contribution < 1.29 is 4.79 Å². The lowest BCUT2D eigenvalue weighted by Crippen LogP contribution is -2.19. The summed E-state index contributed by atoms with van der Waals surface area (Å²) in [5.41, 5.74) is 6.28. The lowest BCUT2D eigenvalue weighted by molar-refractivity contribution is -0.116. The number of benzene rings is 1. The number of anilines is 1. The first kappa shape index (κ1) is 14.5. The number of H-pyrrole nitrogens is 1. The van der Waals surface area contributed by atoms with Crippen molar-refractivity contribution in [3.8, 4) is 0 Å². The Labute approximate surface area is 121 Å². The zero-order valence-electron chi connectivity index (χ0n) is 11.2. The quantitative estimate of drug-likeness (QED) is 0.755. The Morgan fingerprint density at radius 1 is 1.45 bits per heavy atom. The average Bonchev–Trinajstić information content (AvgIpc) is 2.93. The van der Waals surface area contributed by atoms with Gasteiger partial charge in [0.25, 0.3) is 0 Å². The predicted octanol–water partition coefficient (Wildman–Crippen LogP) is 1.88. The fourth-order valence-corrected chi connectivity index (χ4v) is 2.27. The monoisotopic (exact) mass is 291 g/mol. The van der Waals surface area contributed by atoms with Gasteiger partial charge in [-0.2, -0.15) is 5.10 Å². The molecule has 0 saturated heterocycles. The molecule has 0 aliphatic heterocycles. The lowest BCUT2D eigenvalue weighted by Gasteiger charge is -2.09. The van der Waals surface area contributed by atoms with Gasteiger partial charge in [0, 0.05) is 17.0 Å². The Balaban J connectivity index is 1.89. The van der Waals surface area contributed by atoms with Crippen molar-refractivity contribution >= 4 is 23.4 Å². The van der Waals surface area contributed by atoms with Crippen molar-refractivity contribution in [2.24, 2.45) is 11.7 Å². The van der Waals surface area contributed by atoms with E-state index in [4.69, 9.17) is 5.73 Å². The van der Waals surface area contributed by atoms with Gasteiger partial charge in [-0.25, -0.2) is 4.98 Å². The number of nitrogens with two attached hydrogens (primary N) is 1. The summed E-state index contributed by atoms with van der Waals surface area (Å²) in [5.74, 6) is 0.176. The van der Waals surface area contributed by atoms with Gasteiger partial charge < -0.3 is 11.1 Å². The van der Waals surface area contributed by atoms with Crippen molar-refractivity contribution in [3.05, 3.63) is 30.6 Å². The number of hydrogen-bond acceptors (Lipinski definition) is 5. The second-order valence-corrected chi connectivity index (χ2v) is 5.57. The number of nitrogens with zero attached hydrogens (tertiary/aromatic N) is 2. The van der Waals surface area contributed by atoms with E-state index in [0.29, 0.717) is 13.0 Å². The Morgan fingerprint density at radius 2 is 2.20 bits per heavy atom. The summed E-state index contributed by atoms with van der Waals surface area (Å²) in [6.07, 6.45) is 1.90. The van der Waals surface area contributed by atoms with E-state index in [1.54, 1.807) is 0 Å². The number of hydrogen-bond donors (Lipinski definition) is 3. The number of amides is 1. The summed E-state index contributed by atoms with van der Waals surface area (Å²) < 4.78 is 0. The number of aromatic amines is 1. The van der Waals surface area contributed by atoms with Crippen molar-refractivity contribution in [1.82, 2.24) is 15.2 Å². The first-order valence-electron chi connectivity index (χ1n) is 6.30. The van der Waals surface area contributed by atoms with Crippen LogP contribution < -0.4 is 11.1 Å². The highest BCUT2D eigenvalue weighted by atomic mass is 32.2. The number of carbonyl (C=O) groups excluding carboxylic acids is 1. The molecule has 0 aliphatic carbocycles. The second kappa shape index (κ2) is 7.06. The molecule has 0 bridgehead atoms. The van der Waals surface area contributed by atoms with Crippen LogP contribution in [0.15, 0.2) is 40.6 Å². The molecule has 20 heavy (non-hydrogen) atoms. The maximum absolute atomic E-state index is 11.7. The van der Waals surface area contributed by atoms with Crippen LogP contribution in [0, 0.1) is 5.92 Å². The summed E-state index contributed by atoms with van der Waals surface area (Å²) >= 11 is 1.48. The zero-order valence-corrected chi connectivity index (χ0v) is 12.0. The smallest absolute Gasteiger partial charge is 0.224 e. The summed E-state index contributed by atoms with van der Waals surface area (Å²) in [6, 6.07) is 7.58. The maximum atomic E-state index is 11.7. The van der Waals surface area contributed by atoms with Gasteiger partial charge in [0.2, 0.25) is 5.91 Å². The average molecular weight is 291 g/mol. The summed E-state index contributed by atoms with van der Waals surface area (Å²) in [5, 5.41) is 10.2. The van der Waals surface area contributed by atoms with Crippen molar-refractivity contribution in [2.75, 3.05) is 11.9 Å². The molecule has 0 radical (unpaired) electrons. The van der Waals surface area contributed by atoms with E-state index in [2.05, 4.69) is 20.5 Å². The molecule has 1 aromatic carbocycles. The van der Waals surface area contributed by atoms with Crippen LogP contribution in [0.3, 0.4) is 0 Å². The minimum absolute atomic E-state index is 0.0152. The predicted molar refractivity (Wildman–Crippen MR) is 78.4 cm³/mol. The van der Waals surface area contributed by atoms with Crippen LogP contribution in [0.1, 0.15) is 13.3 Å². The Hall–Kier alpha value is -1.86. The van der Waals surface area contributed by atoms with Gasteiger partial charge >= 0.3 is 0 Å². The van der Waals surface area contributed by atoms with Crippen LogP contribution in [0.4, 0.5) is 5.69 Å². The standard InChI is InChI=1S/C13H17N5OS/c1-9(7-14)6-12(19)17-10-2-4-11(5-3-10)20-13-15-8-16-18-13/h2-5,8-9H,6-7,14H2,1H3,(H,17,19)(H,15,16,18). The molecule has 2 aromatic rings. The van der Waals surface area contributed by atoms with Crippen molar-refractivity contribution in [2.45, 2.75) is 23.4 Å². The van der Waals surface area contributed by atoms with Gasteiger partial charge in [0.1, 0.15) is 6.33 Å². The van der Waals surface area contributed by atoms with Gasteiger partial charge in [-0.1, -0.05) is 18.7 Å². The van der Waals surface area contributed by atoms with E-state index in [0.717, 1.165) is 15.7 Å². The summed E-state index contributed by atoms with van der Waals surface area (Å²) in [4.78, 5) is 16.8. The molecule has 1 heterocycles. The largest absolute Gasteiger partial charge is 0.330 e. The van der Waals surface area contributed by atoms with Gasteiger partial charge in [-0.3, -0.25) is 9.89 Å². The Morgan fingerprint density at radius 3 is 2.80 bits per heavy atom. The first-order valence-corrected chi connectivity index (χ1v) is 7.12. The third-order valence-corrected chi connectivity index (χ3v) is 3.58. The SMILES string of the molecule is CC(CN)CC(=O)Nc1ccc(Sc2ncn[nH]2)cc1. The minimum Gasteiger partial charge on any atom is -0.330 e. The van der Waals surface area contributed by atoms with Crippen molar-refractivity contribution in [1.29, 1.82) is 0 Å². The van der Waals surface area contributed by atoms with Gasteiger partial charge in [-0.05, 0) is 36.7 Å². The van der Waals surface area contributed by atoms with Crippen molar-refractivity contribution in [3.63, 3.8) is 0 Å². The molecule has 106 valence electrons. The molecule has 0 saturated carbocycles. The maximum Gasteiger partial charge on any atom is 0.224 e. The Kier molecular flexibility index (Phi) is 5.14. The molecule has 7 heteroatoms. The molecule has 6 nitrogen and oxygen atoms in total. The number of aromatic nitrogens is 3. The minimum atomic E-state index is -0.0152. The van der Waals surface area contributed by atoms with Gasteiger partial charge in [0.05, 0.1) is 0 Å². The molecular weight excluding hydrogens is 274 g/mol. The topological polar surface area (TPSA) is 96.7 Å². The van der Waals surface area contributed by atoms with Crippen LogP contribution in [0.25, 0.3) is 0 Å². The molecule has 1 unspecified atom stereocenters. The van der Waals surface area contributed by atoms with Crippen LogP contribution in [-0.4, -0.2) is 27.6 Å². The molecule has 1 amide bonds. The zero-order chi connectivity index (χ0) is 14.4. The van der Waals surface area contributed by atoms with Crippen LogP contribution in [0.2, 0.25) is 0 Å².